The Labute approximate surface area is 409 Å². The topological polar surface area (TPSA) is 74.3 Å². The van der Waals surface area contributed by atoms with E-state index in [1.807, 2.05) is 13.1 Å². The van der Waals surface area contributed by atoms with Crippen LogP contribution in [0.15, 0.2) is 18.2 Å². The van der Waals surface area contributed by atoms with Gasteiger partial charge in [0.15, 0.2) is 0 Å². The summed E-state index contributed by atoms with van der Waals surface area (Å²) in [6, 6.07) is 6.41. The zero-order valence-electron chi connectivity index (χ0n) is 44.7. The summed E-state index contributed by atoms with van der Waals surface area (Å²) in [5.74, 6) is 1.90. The molecule has 0 aliphatic heterocycles. The van der Waals surface area contributed by atoms with Gasteiger partial charge in [-0.15, -0.1) is 0 Å². The van der Waals surface area contributed by atoms with Crippen LogP contribution in [0.25, 0.3) is 0 Å². The van der Waals surface area contributed by atoms with Gasteiger partial charge < -0.3 is 18.9 Å². The number of esters is 2. The third kappa shape index (κ3) is 38.7. The Morgan fingerprint density at radius 2 is 0.894 bits per heavy atom. The lowest BCUT2D eigenvalue weighted by Crippen LogP contribution is -2.38. The minimum absolute atomic E-state index is 0.119. The number of carbonyl (C=O) groups is 2. The molecule has 7 nitrogen and oxygen atoms in total. The molecule has 1 aromatic carbocycles. The number of carbonyl (C=O) groups excluding carboxylic acids is 2. The number of ether oxygens (including phenoxy) is 4. The maximum absolute atomic E-state index is 13.3. The Morgan fingerprint density at radius 3 is 1.35 bits per heavy atom. The van der Waals surface area contributed by atoms with Crippen LogP contribution < -0.4 is 9.47 Å². The van der Waals surface area contributed by atoms with Crippen molar-refractivity contribution in [3.8, 4) is 11.5 Å². The summed E-state index contributed by atoms with van der Waals surface area (Å²) in [7, 11) is 2.00. The minimum Gasteiger partial charge on any atom is -0.493 e. The molecule has 1 aromatic rings. The SMILES string of the molecule is CCCCCCCCCCCCCCCc1cc(OCC(CC)CCCC)cc(OCC(CN(C)CCOC(=O)CCCCCCCCCCC)OC(=O)CCCCCCCCCCC)c1. The Balaban J connectivity index is 2.83. The van der Waals surface area contributed by atoms with Gasteiger partial charge in [-0.3, -0.25) is 14.5 Å². The molecule has 0 aromatic heterocycles. The van der Waals surface area contributed by atoms with Crippen LogP contribution >= 0.6 is 0 Å². The third-order valence-corrected chi connectivity index (χ3v) is 13.5. The Hall–Kier alpha value is -2.28. The third-order valence-electron chi connectivity index (χ3n) is 13.5. The van der Waals surface area contributed by atoms with Crippen LogP contribution in [0.5, 0.6) is 11.5 Å². The van der Waals surface area contributed by atoms with Crippen LogP contribution in [0.2, 0.25) is 0 Å². The number of aryl methyl sites for hydroxylation is 1. The summed E-state index contributed by atoms with van der Waals surface area (Å²) in [6.07, 6.45) is 45.6. The first kappa shape index (κ1) is 61.7. The van der Waals surface area contributed by atoms with Crippen LogP contribution in [0.1, 0.15) is 278 Å². The molecule has 0 N–H and O–H groups in total. The lowest BCUT2D eigenvalue weighted by atomic mass is 10.0. The van der Waals surface area contributed by atoms with Crippen LogP contribution in [0.3, 0.4) is 0 Å². The molecule has 0 amide bonds. The van der Waals surface area contributed by atoms with Gasteiger partial charge in [0.2, 0.25) is 0 Å². The molecule has 66 heavy (non-hydrogen) atoms. The van der Waals surface area contributed by atoms with Gasteiger partial charge in [0, 0.05) is 32.0 Å². The Morgan fingerprint density at radius 1 is 0.485 bits per heavy atom. The van der Waals surface area contributed by atoms with Crippen LogP contribution in [0.4, 0.5) is 0 Å². The molecule has 1 rings (SSSR count). The van der Waals surface area contributed by atoms with Gasteiger partial charge in [-0.2, -0.15) is 0 Å². The monoisotopic (exact) mass is 928 g/mol. The van der Waals surface area contributed by atoms with Crippen molar-refractivity contribution in [1.82, 2.24) is 4.90 Å². The predicted molar refractivity (Wildman–Crippen MR) is 282 cm³/mol. The van der Waals surface area contributed by atoms with E-state index >= 15 is 0 Å². The summed E-state index contributed by atoms with van der Waals surface area (Å²) in [5.41, 5.74) is 1.24. The highest BCUT2D eigenvalue weighted by Gasteiger charge is 2.19. The summed E-state index contributed by atoms with van der Waals surface area (Å²) < 4.78 is 24.8. The molecule has 0 aliphatic carbocycles. The molecule has 2 unspecified atom stereocenters. The fourth-order valence-corrected chi connectivity index (χ4v) is 8.95. The summed E-state index contributed by atoms with van der Waals surface area (Å²) in [5, 5.41) is 0. The second kappa shape index (κ2) is 46.4. The molecule has 0 fully saturated rings. The maximum atomic E-state index is 13.3. The molecule has 0 radical (unpaired) electrons. The van der Waals surface area contributed by atoms with Crippen molar-refractivity contribution in [3.63, 3.8) is 0 Å². The zero-order valence-corrected chi connectivity index (χ0v) is 44.7. The molecule has 0 heterocycles. The summed E-state index contributed by atoms with van der Waals surface area (Å²) >= 11 is 0. The van der Waals surface area contributed by atoms with E-state index in [0.29, 0.717) is 45.1 Å². The van der Waals surface area contributed by atoms with Gasteiger partial charge in [0.25, 0.3) is 0 Å². The number of hydrogen-bond donors (Lipinski definition) is 0. The number of hydrogen-bond acceptors (Lipinski definition) is 7. The Bertz CT molecular complexity index is 1220. The molecule has 0 saturated carbocycles. The van der Waals surface area contributed by atoms with Gasteiger partial charge in [0.05, 0.1) is 6.61 Å². The molecule has 2 atom stereocenters. The largest absolute Gasteiger partial charge is 0.493 e. The van der Waals surface area contributed by atoms with Crippen molar-refractivity contribution < 1.29 is 28.5 Å². The fraction of sp³-hybridized carbons (Fsp3) is 0.864. The molecule has 0 bridgehead atoms. The molecule has 0 spiro atoms. The molecular formula is C59H109NO6. The van der Waals surface area contributed by atoms with Crippen LogP contribution in [-0.4, -0.2) is 62.9 Å². The van der Waals surface area contributed by atoms with E-state index in [2.05, 4.69) is 51.7 Å². The summed E-state index contributed by atoms with van der Waals surface area (Å²) in [4.78, 5) is 27.9. The number of unbranched alkanes of at least 4 members (excludes halogenated alkanes) is 29. The molecule has 0 saturated heterocycles. The number of nitrogens with zero attached hydrogens (tertiary/aromatic N) is 1. The summed E-state index contributed by atoms with van der Waals surface area (Å²) in [6.45, 7) is 13.7. The molecular weight excluding hydrogens is 819 g/mol. The van der Waals surface area contributed by atoms with Gasteiger partial charge in [-0.05, 0) is 62.8 Å². The first-order valence-electron chi connectivity index (χ1n) is 28.8. The van der Waals surface area contributed by atoms with Gasteiger partial charge >= 0.3 is 11.9 Å². The van der Waals surface area contributed by atoms with E-state index in [1.165, 1.54) is 192 Å². The van der Waals surface area contributed by atoms with Crippen molar-refractivity contribution in [3.05, 3.63) is 23.8 Å². The van der Waals surface area contributed by atoms with Crippen molar-refractivity contribution in [2.24, 2.45) is 5.92 Å². The van der Waals surface area contributed by atoms with E-state index in [-0.39, 0.29) is 18.5 Å². The second-order valence-corrected chi connectivity index (χ2v) is 20.1. The first-order valence-corrected chi connectivity index (χ1v) is 28.8. The highest BCUT2D eigenvalue weighted by molar-refractivity contribution is 5.69. The molecule has 0 aliphatic rings. The normalized spacial score (nSPS) is 12.4. The van der Waals surface area contributed by atoms with Crippen LogP contribution in [-0.2, 0) is 25.5 Å². The van der Waals surface area contributed by atoms with Crippen molar-refractivity contribution >= 4 is 11.9 Å². The standard InChI is InChI=1S/C59H109NO6/c1-7-12-16-19-22-25-26-27-28-31-32-35-38-42-54-47-55(64-51-53(11-5)41-15-10-4)49-56(48-54)65-52-57(66-59(62)44-40-37-34-30-24-21-18-14-9-3)50-60(6)45-46-63-58(61)43-39-36-33-29-23-20-17-13-8-2/h47-49,53,57H,7-46,50-52H2,1-6H3. The van der Waals surface area contributed by atoms with Crippen molar-refractivity contribution in [2.45, 2.75) is 285 Å². The average Bonchev–Trinajstić information content (AvgIpc) is 3.31. The van der Waals surface area contributed by atoms with Crippen molar-refractivity contribution in [1.29, 1.82) is 0 Å². The number of likely N-dealkylation sites (N-methyl/N-ethyl adjacent to an activating group) is 1. The first-order chi connectivity index (χ1) is 32.3. The molecule has 386 valence electrons. The molecule has 7 heteroatoms. The number of rotatable bonds is 50. The van der Waals surface area contributed by atoms with Crippen molar-refractivity contribution in [2.75, 3.05) is 40.0 Å². The van der Waals surface area contributed by atoms with Gasteiger partial charge in [-0.1, -0.05) is 234 Å². The van der Waals surface area contributed by atoms with E-state index in [0.717, 1.165) is 56.4 Å². The lowest BCUT2D eigenvalue weighted by molar-refractivity contribution is -0.151. The van der Waals surface area contributed by atoms with E-state index in [4.69, 9.17) is 18.9 Å². The smallest absolute Gasteiger partial charge is 0.306 e. The lowest BCUT2D eigenvalue weighted by Gasteiger charge is -2.25. The van der Waals surface area contributed by atoms with Gasteiger partial charge in [0.1, 0.15) is 30.8 Å². The average molecular weight is 929 g/mol. The van der Waals surface area contributed by atoms with E-state index < -0.39 is 6.10 Å². The minimum atomic E-state index is -0.452. The van der Waals surface area contributed by atoms with Crippen LogP contribution in [0, 0.1) is 5.92 Å². The number of benzene rings is 1. The van der Waals surface area contributed by atoms with E-state index in [9.17, 15) is 9.59 Å². The maximum Gasteiger partial charge on any atom is 0.306 e. The highest BCUT2D eigenvalue weighted by atomic mass is 16.6. The highest BCUT2D eigenvalue weighted by Crippen LogP contribution is 2.27. The van der Waals surface area contributed by atoms with Gasteiger partial charge in [-0.25, -0.2) is 0 Å². The Kier molecular flexibility index (Phi) is 43.4. The predicted octanol–water partition coefficient (Wildman–Crippen LogP) is 17.5. The fourth-order valence-electron chi connectivity index (χ4n) is 8.95. The zero-order chi connectivity index (χ0) is 48.0. The quantitative estimate of drug-likeness (QED) is 0.0476. The second-order valence-electron chi connectivity index (χ2n) is 20.1. The van der Waals surface area contributed by atoms with E-state index in [1.54, 1.807) is 0 Å².